The Hall–Kier alpha value is -2.65. The maximum Gasteiger partial charge on any atom is 0.236 e. The molecule has 3 heterocycles. The van der Waals surface area contributed by atoms with Gasteiger partial charge in [0.15, 0.2) is 0 Å². The summed E-state index contributed by atoms with van der Waals surface area (Å²) in [6.07, 6.45) is 3.10. The molecule has 3 aromatic heterocycles. The number of carbonyl (C=O) groups is 1. The van der Waals surface area contributed by atoms with Gasteiger partial charge in [-0.3, -0.25) is 9.78 Å². The van der Waals surface area contributed by atoms with Crippen molar-refractivity contribution < 1.29 is 4.79 Å². The molecular formula is C14H12ClN7OS. The fourth-order valence-corrected chi connectivity index (χ4v) is 2.57. The smallest absolute Gasteiger partial charge is 0.236 e. The maximum atomic E-state index is 11.9. The lowest BCUT2D eigenvalue weighted by molar-refractivity contribution is -0.113. The lowest BCUT2D eigenvalue weighted by atomic mass is 10.3. The minimum atomic E-state index is -0.239. The molecule has 10 heteroatoms. The number of nitrogens with two attached hydrogens (primary N) is 1. The van der Waals surface area contributed by atoms with Gasteiger partial charge in [-0.15, -0.1) is 10.2 Å². The second kappa shape index (κ2) is 7.28. The van der Waals surface area contributed by atoms with E-state index in [0.29, 0.717) is 27.5 Å². The number of carbonyl (C=O) groups excluding carboxylic acids is 1. The zero-order valence-corrected chi connectivity index (χ0v) is 13.8. The zero-order chi connectivity index (χ0) is 16.9. The molecule has 0 radical (unpaired) electrons. The van der Waals surface area contributed by atoms with Gasteiger partial charge in [-0.2, -0.15) is 0 Å². The third-order valence-corrected chi connectivity index (χ3v) is 4.05. The molecule has 0 aliphatic rings. The molecule has 3 rings (SSSR count). The molecule has 24 heavy (non-hydrogen) atoms. The Kier molecular flexibility index (Phi) is 4.92. The van der Waals surface area contributed by atoms with Crippen molar-refractivity contribution >= 4 is 35.1 Å². The topological polar surface area (TPSA) is 112 Å². The lowest BCUT2D eigenvalue weighted by Gasteiger charge is -2.04. The number of hydrogen-bond donors (Lipinski definition) is 2. The number of amides is 1. The van der Waals surface area contributed by atoms with Gasteiger partial charge >= 0.3 is 0 Å². The van der Waals surface area contributed by atoms with Crippen LogP contribution in [0.5, 0.6) is 0 Å². The summed E-state index contributed by atoms with van der Waals surface area (Å²) in [6.45, 7) is 0. The first kappa shape index (κ1) is 16.2. The first-order valence-electron chi connectivity index (χ1n) is 6.79. The van der Waals surface area contributed by atoms with E-state index in [-0.39, 0.29) is 11.7 Å². The van der Waals surface area contributed by atoms with Gasteiger partial charge < -0.3 is 11.2 Å². The van der Waals surface area contributed by atoms with Gasteiger partial charge in [-0.05, 0) is 24.3 Å². The summed E-state index contributed by atoms with van der Waals surface area (Å²) < 4.78 is 1.31. The number of hydrogen-bond acceptors (Lipinski definition) is 7. The van der Waals surface area contributed by atoms with Crippen LogP contribution in [0.2, 0.25) is 5.02 Å². The van der Waals surface area contributed by atoms with E-state index in [4.69, 9.17) is 17.4 Å². The fourth-order valence-electron chi connectivity index (χ4n) is 1.80. The largest absolute Gasteiger partial charge is 0.335 e. The highest BCUT2D eigenvalue weighted by Gasteiger charge is 2.14. The first-order valence-corrected chi connectivity index (χ1v) is 8.16. The fraction of sp³-hybridized carbons (Fsp3) is 0.0714. The van der Waals surface area contributed by atoms with Crippen LogP contribution in [0.3, 0.4) is 0 Å². The minimum Gasteiger partial charge on any atom is -0.335 e. The summed E-state index contributed by atoms with van der Waals surface area (Å²) in [7, 11) is 0. The molecule has 122 valence electrons. The van der Waals surface area contributed by atoms with E-state index in [2.05, 4.69) is 25.5 Å². The Labute approximate surface area is 146 Å². The Balaban J connectivity index is 1.62. The molecule has 3 N–H and O–H groups in total. The van der Waals surface area contributed by atoms with Gasteiger partial charge in [-0.1, -0.05) is 29.4 Å². The molecule has 3 aromatic rings. The normalized spacial score (nSPS) is 10.5. The van der Waals surface area contributed by atoms with Crippen molar-refractivity contribution in [1.29, 1.82) is 0 Å². The molecule has 0 spiro atoms. The average Bonchev–Trinajstić information content (AvgIpc) is 2.97. The summed E-state index contributed by atoms with van der Waals surface area (Å²) in [4.78, 5) is 20.1. The van der Waals surface area contributed by atoms with Crippen LogP contribution in [0, 0.1) is 0 Å². The summed E-state index contributed by atoms with van der Waals surface area (Å²) in [5.74, 6) is 6.69. The molecule has 0 aliphatic heterocycles. The van der Waals surface area contributed by atoms with Crippen LogP contribution >= 0.6 is 23.4 Å². The number of pyridine rings is 2. The van der Waals surface area contributed by atoms with Crippen molar-refractivity contribution in [3.63, 3.8) is 0 Å². The van der Waals surface area contributed by atoms with Crippen molar-refractivity contribution in [1.82, 2.24) is 24.8 Å². The van der Waals surface area contributed by atoms with E-state index in [0.717, 1.165) is 11.8 Å². The molecule has 8 nitrogen and oxygen atoms in total. The van der Waals surface area contributed by atoms with E-state index in [1.54, 1.807) is 30.5 Å². The number of rotatable bonds is 5. The predicted octanol–water partition coefficient (Wildman–Crippen LogP) is 1.83. The van der Waals surface area contributed by atoms with Gasteiger partial charge in [0.1, 0.15) is 11.5 Å². The summed E-state index contributed by atoms with van der Waals surface area (Å²) in [6, 6.07) is 8.67. The van der Waals surface area contributed by atoms with Crippen LogP contribution in [0.1, 0.15) is 0 Å². The number of aromatic nitrogens is 5. The number of nitrogens with one attached hydrogen (secondary N) is 1. The summed E-state index contributed by atoms with van der Waals surface area (Å²) in [5, 5.41) is 11.6. The van der Waals surface area contributed by atoms with Crippen molar-refractivity contribution in [2.75, 3.05) is 16.9 Å². The molecular weight excluding hydrogens is 350 g/mol. The van der Waals surface area contributed by atoms with E-state index in [1.807, 2.05) is 6.07 Å². The molecule has 0 aromatic carbocycles. The lowest BCUT2D eigenvalue weighted by Crippen LogP contribution is -2.17. The second-order valence-electron chi connectivity index (χ2n) is 4.59. The predicted molar refractivity (Wildman–Crippen MR) is 92.0 cm³/mol. The molecule has 0 unspecified atom stereocenters. The zero-order valence-electron chi connectivity index (χ0n) is 12.3. The Morgan fingerprint density at radius 1 is 1.25 bits per heavy atom. The van der Waals surface area contributed by atoms with Gasteiger partial charge in [0.05, 0.1) is 10.8 Å². The van der Waals surface area contributed by atoms with Gasteiger partial charge in [-0.25, -0.2) is 9.66 Å². The highest BCUT2D eigenvalue weighted by atomic mass is 35.5. The van der Waals surface area contributed by atoms with E-state index in [9.17, 15) is 4.79 Å². The number of nitrogen functional groups attached to an aromatic ring is 1. The SMILES string of the molecule is Nn1c(SCC(=O)Nc2ccc(Cl)cn2)nnc1-c1ccccn1. The Bertz CT molecular complexity index is 838. The number of anilines is 1. The summed E-state index contributed by atoms with van der Waals surface area (Å²) >= 11 is 6.91. The van der Waals surface area contributed by atoms with Crippen LogP contribution in [-0.2, 0) is 4.79 Å². The van der Waals surface area contributed by atoms with Gasteiger partial charge in [0, 0.05) is 12.4 Å². The minimum absolute atomic E-state index is 0.113. The van der Waals surface area contributed by atoms with E-state index < -0.39 is 0 Å². The molecule has 0 saturated heterocycles. The van der Waals surface area contributed by atoms with Crippen LogP contribution in [0.15, 0.2) is 47.9 Å². The van der Waals surface area contributed by atoms with Crippen molar-refractivity contribution in [3.8, 4) is 11.5 Å². The third kappa shape index (κ3) is 3.81. The van der Waals surface area contributed by atoms with Gasteiger partial charge in [0.25, 0.3) is 0 Å². The maximum absolute atomic E-state index is 11.9. The molecule has 1 amide bonds. The number of thioether (sulfide) groups is 1. The summed E-state index contributed by atoms with van der Waals surface area (Å²) in [5.41, 5.74) is 0.606. The van der Waals surface area contributed by atoms with Crippen LogP contribution in [0.25, 0.3) is 11.5 Å². The average molecular weight is 362 g/mol. The van der Waals surface area contributed by atoms with E-state index >= 15 is 0 Å². The molecule has 0 atom stereocenters. The molecule has 0 saturated carbocycles. The van der Waals surface area contributed by atoms with E-state index in [1.165, 1.54) is 10.9 Å². The third-order valence-electron chi connectivity index (χ3n) is 2.89. The van der Waals surface area contributed by atoms with Crippen molar-refractivity contribution in [2.45, 2.75) is 5.16 Å². The van der Waals surface area contributed by atoms with Crippen LogP contribution < -0.4 is 11.2 Å². The first-order chi connectivity index (χ1) is 11.6. The van der Waals surface area contributed by atoms with Crippen LogP contribution in [-0.4, -0.2) is 36.5 Å². The monoisotopic (exact) mass is 361 g/mol. The Morgan fingerprint density at radius 2 is 2.12 bits per heavy atom. The standard InChI is InChI=1S/C14H12ClN7OS/c15-9-4-5-11(18-7-9)19-12(23)8-24-14-21-20-13(22(14)16)10-3-1-2-6-17-10/h1-7H,8,16H2,(H,18,19,23). The van der Waals surface area contributed by atoms with Crippen molar-refractivity contribution in [3.05, 3.63) is 47.7 Å². The van der Waals surface area contributed by atoms with Crippen molar-refractivity contribution in [2.24, 2.45) is 0 Å². The highest BCUT2D eigenvalue weighted by Crippen LogP contribution is 2.20. The second-order valence-corrected chi connectivity index (χ2v) is 5.97. The van der Waals surface area contributed by atoms with Crippen LogP contribution in [0.4, 0.5) is 5.82 Å². The quantitative estimate of drug-likeness (QED) is 0.526. The molecule has 0 fully saturated rings. The molecule has 0 aliphatic carbocycles. The Morgan fingerprint density at radius 3 is 2.83 bits per heavy atom. The number of nitrogens with zero attached hydrogens (tertiary/aromatic N) is 5. The van der Waals surface area contributed by atoms with Gasteiger partial charge in [0.2, 0.25) is 16.9 Å². The molecule has 0 bridgehead atoms. The number of halogens is 1. The highest BCUT2D eigenvalue weighted by molar-refractivity contribution is 7.99.